The molecule has 2 rings (SSSR count). The van der Waals surface area contributed by atoms with Gasteiger partial charge in [0.1, 0.15) is 11.5 Å². The van der Waals surface area contributed by atoms with Crippen molar-refractivity contribution in [1.82, 2.24) is 15.0 Å². The Morgan fingerprint density at radius 1 is 1.31 bits per heavy atom. The summed E-state index contributed by atoms with van der Waals surface area (Å²) >= 11 is 1.60. The van der Waals surface area contributed by atoms with Gasteiger partial charge in [0.2, 0.25) is 0 Å². The van der Waals surface area contributed by atoms with Gasteiger partial charge in [0, 0.05) is 11.1 Å². The van der Waals surface area contributed by atoms with Crippen molar-refractivity contribution in [2.24, 2.45) is 0 Å². The molecule has 0 aliphatic carbocycles. The third-order valence-corrected chi connectivity index (χ3v) is 2.87. The number of aldehydes is 1. The molecule has 0 N–H and O–H groups in total. The molecule has 0 saturated carbocycles. The first-order valence-corrected chi connectivity index (χ1v) is 5.76. The van der Waals surface area contributed by atoms with Gasteiger partial charge in [-0.3, -0.25) is 4.79 Å². The van der Waals surface area contributed by atoms with Crippen molar-refractivity contribution in [3.8, 4) is 0 Å². The second-order valence-electron chi connectivity index (χ2n) is 3.50. The van der Waals surface area contributed by atoms with E-state index in [0.717, 1.165) is 22.7 Å². The summed E-state index contributed by atoms with van der Waals surface area (Å²) in [5, 5.41) is 3.01. The molecule has 2 aromatic heterocycles. The number of nitrogens with zero attached hydrogens (tertiary/aromatic N) is 3. The number of carbonyl (C=O) groups excluding carboxylic acids is 1. The standard InChI is InChI=1S/C11H11N3OS/c1-7-3-9(5-15)14-11(12-7)4-10-6-16-8(2)13-10/h3,5-6H,4H2,1-2H3. The predicted molar refractivity (Wildman–Crippen MR) is 61.8 cm³/mol. The molecule has 5 heteroatoms. The van der Waals surface area contributed by atoms with E-state index in [1.54, 1.807) is 17.4 Å². The highest BCUT2D eigenvalue weighted by molar-refractivity contribution is 7.09. The van der Waals surface area contributed by atoms with Gasteiger partial charge in [0.15, 0.2) is 6.29 Å². The third-order valence-electron chi connectivity index (χ3n) is 2.05. The zero-order chi connectivity index (χ0) is 11.5. The molecule has 0 fully saturated rings. The minimum atomic E-state index is 0.425. The van der Waals surface area contributed by atoms with Crippen LogP contribution in [0.25, 0.3) is 0 Å². The van der Waals surface area contributed by atoms with Crippen molar-refractivity contribution < 1.29 is 4.79 Å². The van der Waals surface area contributed by atoms with Gasteiger partial charge in [-0.1, -0.05) is 0 Å². The molecule has 0 aliphatic heterocycles. The van der Waals surface area contributed by atoms with Crippen LogP contribution in [0.1, 0.15) is 32.7 Å². The number of rotatable bonds is 3. The first-order valence-electron chi connectivity index (χ1n) is 4.88. The van der Waals surface area contributed by atoms with E-state index < -0.39 is 0 Å². The van der Waals surface area contributed by atoms with Gasteiger partial charge in [-0.25, -0.2) is 15.0 Å². The predicted octanol–water partition coefficient (Wildman–Crippen LogP) is 1.95. The van der Waals surface area contributed by atoms with Gasteiger partial charge >= 0.3 is 0 Å². The molecule has 2 aromatic rings. The number of carbonyl (C=O) groups is 1. The van der Waals surface area contributed by atoms with Crippen LogP contribution in [-0.2, 0) is 6.42 Å². The van der Waals surface area contributed by atoms with Crippen LogP contribution in [0.2, 0.25) is 0 Å². The Morgan fingerprint density at radius 3 is 2.75 bits per heavy atom. The van der Waals surface area contributed by atoms with Crippen LogP contribution in [0.4, 0.5) is 0 Å². The van der Waals surface area contributed by atoms with E-state index in [2.05, 4.69) is 15.0 Å². The van der Waals surface area contributed by atoms with Crippen LogP contribution in [0, 0.1) is 13.8 Å². The maximum atomic E-state index is 10.7. The summed E-state index contributed by atoms with van der Waals surface area (Å²) in [6.07, 6.45) is 1.32. The fraction of sp³-hybridized carbons (Fsp3) is 0.273. The number of thiazole rings is 1. The van der Waals surface area contributed by atoms with E-state index in [4.69, 9.17) is 0 Å². The second kappa shape index (κ2) is 4.49. The van der Waals surface area contributed by atoms with Crippen molar-refractivity contribution in [3.05, 3.63) is 39.4 Å². The minimum Gasteiger partial charge on any atom is -0.296 e. The van der Waals surface area contributed by atoms with Crippen LogP contribution >= 0.6 is 11.3 Å². The smallest absolute Gasteiger partial charge is 0.168 e. The van der Waals surface area contributed by atoms with Crippen molar-refractivity contribution in [2.45, 2.75) is 20.3 Å². The quantitative estimate of drug-likeness (QED) is 0.760. The molecule has 0 saturated heterocycles. The molecular formula is C11H11N3OS. The summed E-state index contributed by atoms with van der Waals surface area (Å²) in [4.78, 5) is 23.4. The monoisotopic (exact) mass is 233 g/mol. The lowest BCUT2D eigenvalue weighted by Crippen LogP contribution is -2.02. The summed E-state index contributed by atoms with van der Waals surface area (Å²) in [5.41, 5.74) is 2.18. The molecule has 0 unspecified atom stereocenters. The Balaban J connectivity index is 2.27. The Labute approximate surface area is 97.4 Å². The summed E-state index contributed by atoms with van der Waals surface area (Å²) in [7, 11) is 0. The van der Waals surface area contributed by atoms with Gasteiger partial charge in [0.25, 0.3) is 0 Å². The van der Waals surface area contributed by atoms with E-state index in [-0.39, 0.29) is 0 Å². The second-order valence-corrected chi connectivity index (χ2v) is 4.57. The molecule has 0 aromatic carbocycles. The van der Waals surface area contributed by atoms with E-state index in [9.17, 15) is 4.79 Å². The first kappa shape index (κ1) is 10.9. The molecule has 0 radical (unpaired) electrons. The molecule has 0 bridgehead atoms. The molecule has 16 heavy (non-hydrogen) atoms. The minimum absolute atomic E-state index is 0.425. The topological polar surface area (TPSA) is 55.7 Å². The average Bonchev–Trinajstić information content (AvgIpc) is 2.63. The van der Waals surface area contributed by atoms with Crippen molar-refractivity contribution >= 4 is 17.6 Å². The van der Waals surface area contributed by atoms with E-state index >= 15 is 0 Å². The fourth-order valence-corrected chi connectivity index (χ4v) is 2.06. The molecule has 0 spiro atoms. The third kappa shape index (κ3) is 2.49. The Hall–Kier alpha value is -1.62. The zero-order valence-corrected chi connectivity index (χ0v) is 9.91. The molecule has 0 aliphatic rings. The van der Waals surface area contributed by atoms with E-state index in [1.807, 2.05) is 19.2 Å². The SMILES string of the molecule is Cc1cc(C=O)nc(Cc2csc(C)n2)n1. The van der Waals surface area contributed by atoms with E-state index in [0.29, 0.717) is 17.9 Å². The van der Waals surface area contributed by atoms with E-state index in [1.165, 1.54) is 0 Å². The van der Waals surface area contributed by atoms with Crippen LogP contribution in [0.5, 0.6) is 0 Å². The summed E-state index contributed by atoms with van der Waals surface area (Å²) in [6, 6.07) is 1.67. The van der Waals surface area contributed by atoms with Gasteiger partial charge in [-0.15, -0.1) is 11.3 Å². The van der Waals surface area contributed by atoms with Crippen molar-refractivity contribution in [3.63, 3.8) is 0 Å². The van der Waals surface area contributed by atoms with Crippen LogP contribution < -0.4 is 0 Å². The van der Waals surface area contributed by atoms with Crippen molar-refractivity contribution in [1.29, 1.82) is 0 Å². The highest BCUT2D eigenvalue weighted by atomic mass is 32.1. The molecule has 82 valence electrons. The number of hydrogen-bond donors (Lipinski definition) is 0. The van der Waals surface area contributed by atoms with Gasteiger partial charge in [-0.2, -0.15) is 0 Å². The molecule has 2 heterocycles. The highest BCUT2D eigenvalue weighted by Crippen LogP contribution is 2.11. The Bertz CT molecular complexity index is 522. The van der Waals surface area contributed by atoms with Gasteiger partial charge < -0.3 is 0 Å². The molecule has 0 atom stereocenters. The maximum absolute atomic E-state index is 10.7. The summed E-state index contributed by atoms with van der Waals surface area (Å²) in [5.74, 6) is 0.646. The number of hydrogen-bond acceptors (Lipinski definition) is 5. The number of aryl methyl sites for hydroxylation is 2. The molecule has 4 nitrogen and oxygen atoms in total. The molecule has 0 amide bonds. The summed E-state index contributed by atoms with van der Waals surface area (Å²) in [6.45, 7) is 3.81. The van der Waals surface area contributed by atoms with Crippen LogP contribution in [0.3, 0.4) is 0 Å². The Morgan fingerprint density at radius 2 is 2.12 bits per heavy atom. The normalized spacial score (nSPS) is 10.4. The lowest BCUT2D eigenvalue weighted by molar-refractivity contribution is 0.111. The van der Waals surface area contributed by atoms with Gasteiger partial charge in [-0.05, 0) is 19.9 Å². The lowest BCUT2D eigenvalue weighted by Gasteiger charge is -2.00. The largest absolute Gasteiger partial charge is 0.296 e. The average molecular weight is 233 g/mol. The maximum Gasteiger partial charge on any atom is 0.168 e. The molecular weight excluding hydrogens is 222 g/mol. The number of aromatic nitrogens is 3. The van der Waals surface area contributed by atoms with Crippen molar-refractivity contribution in [2.75, 3.05) is 0 Å². The Kier molecular flexibility index (Phi) is 3.05. The summed E-state index contributed by atoms with van der Waals surface area (Å²) < 4.78 is 0. The van der Waals surface area contributed by atoms with Crippen LogP contribution in [0.15, 0.2) is 11.4 Å². The lowest BCUT2D eigenvalue weighted by atomic mass is 10.3. The highest BCUT2D eigenvalue weighted by Gasteiger charge is 2.05. The zero-order valence-electron chi connectivity index (χ0n) is 9.10. The fourth-order valence-electron chi connectivity index (χ4n) is 1.45. The van der Waals surface area contributed by atoms with Crippen LogP contribution in [-0.4, -0.2) is 21.2 Å². The first-order chi connectivity index (χ1) is 7.67. The van der Waals surface area contributed by atoms with Gasteiger partial charge in [0.05, 0.1) is 17.1 Å².